The van der Waals surface area contributed by atoms with Crippen molar-refractivity contribution in [1.29, 1.82) is 0 Å². The average molecular weight is 1250 g/mol. The van der Waals surface area contributed by atoms with Gasteiger partial charge in [0.2, 0.25) is 0 Å². The van der Waals surface area contributed by atoms with Crippen LogP contribution in [0.1, 0.15) is 335 Å². The number of carboxylic acids is 1. The number of carbonyl (C=O) groups excluding carboxylic acids is 3. The molecule has 0 amide bonds. The molecule has 0 saturated carbocycles. The van der Waals surface area contributed by atoms with Gasteiger partial charge in [-0.25, -0.2) is 0 Å². The number of esters is 2. The number of allylic oxidation sites excluding steroid dienone is 16. The number of carbonyl (C=O) groups is 3. The van der Waals surface area contributed by atoms with Crippen LogP contribution in [0.5, 0.6) is 0 Å². The lowest BCUT2D eigenvalue weighted by molar-refractivity contribution is -0.870. The summed E-state index contributed by atoms with van der Waals surface area (Å²) in [5.41, 5.74) is 0. The van der Waals surface area contributed by atoms with Crippen molar-refractivity contribution in [2.24, 2.45) is 0 Å². The largest absolute Gasteiger partial charge is 0.545 e. The van der Waals surface area contributed by atoms with E-state index in [2.05, 4.69) is 111 Å². The highest BCUT2D eigenvalue weighted by molar-refractivity contribution is 5.70. The number of hydrogen-bond acceptors (Lipinski definition) is 8. The second kappa shape index (κ2) is 70.1. The molecule has 89 heavy (non-hydrogen) atoms. The molecule has 0 aromatic carbocycles. The van der Waals surface area contributed by atoms with Gasteiger partial charge >= 0.3 is 11.9 Å². The van der Waals surface area contributed by atoms with Crippen LogP contribution in [-0.4, -0.2) is 82.3 Å². The Labute approximate surface area is 550 Å². The van der Waals surface area contributed by atoms with Crippen molar-refractivity contribution >= 4 is 17.9 Å². The molecular formula is C80H141NO8. The predicted octanol–water partition coefficient (Wildman–Crippen LogP) is 22.3. The van der Waals surface area contributed by atoms with Crippen molar-refractivity contribution in [2.75, 3.05) is 47.5 Å². The maximum atomic E-state index is 13.0. The number of hydrogen-bond donors (Lipinski definition) is 0. The van der Waals surface area contributed by atoms with E-state index in [1.165, 1.54) is 218 Å². The molecule has 0 saturated heterocycles. The van der Waals surface area contributed by atoms with Crippen molar-refractivity contribution in [1.82, 2.24) is 0 Å². The Bertz CT molecular complexity index is 1790. The van der Waals surface area contributed by atoms with Crippen LogP contribution in [0, 0.1) is 0 Å². The number of quaternary nitrogens is 1. The van der Waals surface area contributed by atoms with Crippen molar-refractivity contribution in [2.45, 2.75) is 347 Å². The second-order valence-corrected chi connectivity index (χ2v) is 26.2. The van der Waals surface area contributed by atoms with Gasteiger partial charge in [0.05, 0.1) is 40.3 Å². The summed E-state index contributed by atoms with van der Waals surface area (Å²) in [5.74, 6) is -2.27. The summed E-state index contributed by atoms with van der Waals surface area (Å²) in [6.45, 7) is 4.56. The Balaban J connectivity index is 4.00. The smallest absolute Gasteiger partial charge is 0.306 e. The van der Waals surface area contributed by atoms with Gasteiger partial charge in [-0.2, -0.15) is 0 Å². The van der Waals surface area contributed by atoms with Gasteiger partial charge in [-0.15, -0.1) is 0 Å². The zero-order valence-electron chi connectivity index (χ0n) is 58.8. The monoisotopic (exact) mass is 1240 g/mol. The fourth-order valence-electron chi connectivity index (χ4n) is 10.7. The Kier molecular flexibility index (Phi) is 67.1. The minimum atomic E-state index is -1.62. The molecule has 0 fully saturated rings. The first kappa shape index (κ1) is 85.2. The second-order valence-electron chi connectivity index (χ2n) is 26.2. The first-order chi connectivity index (χ1) is 43.6. The first-order valence-corrected chi connectivity index (χ1v) is 37.4. The summed E-state index contributed by atoms with van der Waals surface area (Å²) in [7, 11) is 5.94. The number of ether oxygens (including phenoxy) is 4. The SMILES string of the molecule is CC/C=C\C/C=C\C/C=C\C/C=C\CCCCCCCCCCCCCCCCCCCCCCCCCCCCC(=O)OC(COC(=O)CCCCCCCCCCCCCC/C=C\C/C=C\C/C=C\C/C=C\CC)COC(OCC[N+](C)(C)C)C(=O)[O-]. The van der Waals surface area contributed by atoms with E-state index in [-0.39, 0.29) is 38.6 Å². The third-order valence-electron chi connectivity index (χ3n) is 16.3. The van der Waals surface area contributed by atoms with Crippen LogP contribution >= 0.6 is 0 Å². The maximum Gasteiger partial charge on any atom is 0.306 e. The number of likely N-dealkylation sites (N-methyl/N-ethyl adjacent to an activating group) is 1. The summed E-state index contributed by atoms with van der Waals surface area (Å²) >= 11 is 0. The van der Waals surface area contributed by atoms with Crippen LogP contribution in [0.4, 0.5) is 0 Å². The van der Waals surface area contributed by atoms with Gasteiger partial charge in [-0.3, -0.25) is 9.59 Å². The van der Waals surface area contributed by atoms with Crippen LogP contribution in [-0.2, 0) is 33.3 Å². The lowest BCUT2D eigenvalue weighted by Gasteiger charge is -2.26. The summed E-state index contributed by atoms with van der Waals surface area (Å²) in [4.78, 5) is 37.5. The Morgan fingerprint density at radius 3 is 0.899 bits per heavy atom. The van der Waals surface area contributed by atoms with E-state index >= 15 is 0 Å². The van der Waals surface area contributed by atoms with E-state index in [4.69, 9.17) is 18.9 Å². The fourth-order valence-corrected chi connectivity index (χ4v) is 10.7. The highest BCUT2D eigenvalue weighted by Crippen LogP contribution is 2.19. The van der Waals surface area contributed by atoms with Gasteiger partial charge in [0.15, 0.2) is 12.4 Å². The van der Waals surface area contributed by atoms with Crippen molar-refractivity contribution < 1.29 is 42.9 Å². The first-order valence-electron chi connectivity index (χ1n) is 37.4. The lowest BCUT2D eigenvalue weighted by atomic mass is 10.0. The van der Waals surface area contributed by atoms with Gasteiger partial charge in [0.25, 0.3) is 0 Å². The van der Waals surface area contributed by atoms with E-state index in [0.717, 1.165) is 83.5 Å². The average Bonchev–Trinajstić information content (AvgIpc) is 3.64. The molecule has 0 aliphatic rings. The maximum absolute atomic E-state index is 13.0. The normalized spacial score (nSPS) is 13.2. The summed E-state index contributed by atoms with van der Waals surface area (Å²) in [6.07, 6.45) is 93.7. The molecule has 2 unspecified atom stereocenters. The third kappa shape index (κ3) is 71.5. The molecule has 0 bridgehead atoms. The molecule has 0 rings (SSSR count). The zero-order valence-corrected chi connectivity index (χ0v) is 58.8. The van der Waals surface area contributed by atoms with E-state index < -0.39 is 24.3 Å². The molecule has 9 nitrogen and oxygen atoms in total. The van der Waals surface area contributed by atoms with Crippen LogP contribution in [0.2, 0.25) is 0 Å². The molecule has 0 heterocycles. The number of carboxylic acid groups (broad SMARTS) is 1. The molecule has 0 aromatic heterocycles. The van der Waals surface area contributed by atoms with E-state index in [1.54, 1.807) is 0 Å². The zero-order chi connectivity index (χ0) is 64.7. The molecule has 0 aliphatic carbocycles. The standard InChI is InChI=1S/C80H141NO8/c1-6-8-10-12-14-16-18-20-22-24-26-28-30-32-33-34-35-36-37-38-39-40-41-42-43-44-45-47-49-51-53-55-57-59-61-63-65-67-69-71-78(83)89-76(75-88-80(79(84)85)86-73-72-81(3,4)5)74-87-77(82)70-68-66-64-62-60-58-56-54-52-50-48-46-31-29-27-25-23-21-19-17-15-13-11-9-7-2/h8-11,14-17,20-23,26-29,76,80H,6-7,12-13,18-19,24-25,30-75H2,1-5H3/b10-8-,11-9-,16-14-,17-15-,22-20-,23-21-,28-26-,29-27-. The number of nitrogens with zero attached hydrogens (tertiary/aromatic N) is 1. The van der Waals surface area contributed by atoms with Crippen LogP contribution in [0.25, 0.3) is 0 Å². The minimum absolute atomic E-state index is 0.146. The molecule has 2 atom stereocenters. The highest BCUT2D eigenvalue weighted by atomic mass is 16.7. The van der Waals surface area contributed by atoms with Gasteiger partial charge < -0.3 is 33.3 Å². The summed E-state index contributed by atoms with van der Waals surface area (Å²) < 4.78 is 22.8. The third-order valence-corrected chi connectivity index (χ3v) is 16.3. The van der Waals surface area contributed by atoms with Crippen LogP contribution in [0.15, 0.2) is 97.2 Å². The van der Waals surface area contributed by atoms with Crippen molar-refractivity contribution in [3.63, 3.8) is 0 Å². The van der Waals surface area contributed by atoms with Crippen LogP contribution < -0.4 is 5.11 Å². The van der Waals surface area contributed by atoms with Crippen LogP contribution in [0.3, 0.4) is 0 Å². The molecular weight excluding hydrogens is 1100 g/mol. The Hall–Kier alpha value is -3.79. The molecule has 0 radical (unpaired) electrons. The van der Waals surface area contributed by atoms with E-state index in [1.807, 2.05) is 21.1 Å². The van der Waals surface area contributed by atoms with E-state index in [9.17, 15) is 19.5 Å². The number of unbranched alkanes of at least 4 members (excludes halogenated alkanes) is 38. The Morgan fingerprint density at radius 2 is 0.607 bits per heavy atom. The van der Waals surface area contributed by atoms with Gasteiger partial charge in [-0.1, -0.05) is 329 Å². The highest BCUT2D eigenvalue weighted by Gasteiger charge is 2.22. The lowest BCUT2D eigenvalue weighted by Crippen LogP contribution is -2.44. The van der Waals surface area contributed by atoms with Crippen molar-refractivity contribution in [3.05, 3.63) is 97.2 Å². The van der Waals surface area contributed by atoms with Crippen molar-refractivity contribution in [3.8, 4) is 0 Å². The predicted molar refractivity (Wildman–Crippen MR) is 380 cm³/mol. The van der Waals surface area contributed by atoms with Gasteiger partial charge in [0, 0.05) is 12.8 Å². The number of aliphatic carboxylic acids is 1. The summed E-state index contributed by atoms with van der Waals surface area (Å²) in [5, 5.41) is 11.8. The fraction of sp³-hybridized carbons (Fsp3) is 0.762. The molecule has 514 valence electrons. The molecule has 9 heteroatoms. The molecule has 0 aliphatic heterocycles. The van der Waals surface area contributed by atoms with Gasteiger partial charge in [-0.05, 0) is 89.9 Å². The molecule has 0 N–H and O–H groups in total. The summed E-state index contributed by atoms with van der Waals surface area (Å²) in [6, 6.07) is 0. The molecule has 0 aromatic rings. The quantitative estimate of drug-likeness (QED) is 0.0195. The topological polar surface area (TPSA) is 111 Å². The van der Waals surface area contributed by atoms with E-state index in [0.29, 0.717) is 17.4 Å². The molecule has 0 spiro atoms. The Morgan fingerprint density at radius 1 is 0.337 bits per heavy atom. The van der Waals surface area contributed by atoms with Gasteiger partial charge in [0.1, 0.15) is 13.2 Å². The minimum Gasteiger partial charge on any atom is -0.545 e. The number of rotatable bonds is 69.